The molecule has 1 saturated heterocycles. The zero-order valence-electron chi connectivity index (χ0n) is 10.00. The molecule has 3 N–H and O–H groups in total. The average molecular weight is 212 g/mol. The van der Waals surface area contributed by atoms with Crippen LogP contribution >= 0.6 is 0 Å². The van der Waals surface area contributed by atoms with E-state index >= 15 is 0 Å². The number of nitrogens with zero attached hydrogens (tertiary/aromatic N) is 2. The van der Waals surface area contributed by atoms with Gasteiger partial charge in [-0.25, -0.2) is 0 Å². The molecule has 0 saturated carbocycles. The van der Waals surface area contributed by atoms with E-state index in [1.165, 1.54) is 25.9 Å². The van der Waals surface area contributed by atoms with Gasteiger partial charge < -0.3 is 15.5 Å². The van der Waals surface area contributed by atoms with Gasteiger partial charge in [-0.05, 0) is 46.4 Å². The molecule has 4 nitrogen and oxygen atoms in total. The summed E-state index contributed by atoms with van der Waals surface area (Å²) in [5, 5.41) is 7.13. The Hall–Kier alpha value is -0.610. The predicted octanol–water partition coefficient (Wildman–Crippen LogP) is 0.729. The summed E-state index contributed by atoms with van der Waals surface area (Å²) in [5.41, 5.74) is 5.31. The van der Waals surface area contributed by atoms with E-state index in [2.05, 4.69) is 23.9 Å². The maximum atomic E-state index is 7.13. The second kappa shape index (κ2) is 6.08. The highest BCUT2D eigenvalue weighted by molar-refractivity contribution is 5.76. The molecule has 15 heavy (non-hydrogen) atoms. The van der Waals surface area contributed by atoms with Crippen molar-refractivity contribution in [3.63, 3.8) is 0 Å². The molecule has 1 fully saturated rings. The van der Waals surface area contributed by atoms with Crippen LogP contribution in [-0.2, 0) is 0 Å². The Labute approximate surface area is 92.9 Å². The summed E-state index contributed by atoms with van der Waals surface area (Å²) in [6, 6.07) is 0.734. The first-order chi connectivity index (χ1) is 7.09. The monoisotopic (exact) mass is 212 g/mol. The van der Waals surface area contributed by atoms with Crippen molar-refractivity contribution in [1.82, 2.24) is 9.80 Å². The topological polar surface area (TPSA) is 56.4 Å². The van der Waals surface area contributed by atoms with Crippen LogP contribution < -0.4 is 5.73 Å². The van der Waals surface area contributed by atoms with Crippen molar-refractivity contribution in [2.75, 3.05) is 33.7 Å². The van der Waals surface area contributed by atoms with E-state index in [0.29, 0.717) is 5.84 Å². The van der Waals surface area contributed by atoms with Crippen LogP contribution in [0.2, 0.25) is 0 Å². The summed E-state index contributed by atoms with van der Waals surface area (Å²) < 4.78 is 0. The molecule has 0 radical (unpaired) electrons. The lowest BCUT2D eigenvalue weighted by Crippen LogP contribution is -2.31. The lowest BCUT2D eigenvalue weighted by molar-refractivity contribution is 0.266. The van der Waals surface area contributed by atoms with Crippen LogP contribution in [0, 0.1) is 5.41 Å². The maximum Gasteiger partial charge on any atom is 0.0905 e. The van der Waals surface area contributed by atoms with Crippen molar-refractivity contribution in [2.24, 2.45) is 5.73 Å². The number of likely N-dealkylation sites (tertiary alicyclic amines) is 1. The summed E-state index contributed by atoms with van der Waals surface area (Å²) in [6.45, 7) is 3.59. The first-order valence-corrected chi connectivity index (χ1v) is 5.81. The molecule has 1 atom stereocenters. The number of hydrogen-bond donors (Lipinski definition) is 2. The molecule has 0 aliphatic carbocycles. The molecule has 0 spiro atoms. The van der Waals surface area contributed by atoms with E-state index in [0.717, 1.165) is 25.4 Å². The molecule has 1 aliphatic rings. The summed E-state index contributed by atoms with van der Waals surface area (Å²) >= 11 is 0. The van der Waals surface area contributed by atoms with Gasteiger partial charge in [0.25, 0.3) is 0 Å². The van der Waals surface area contributed by atoms with E-state index in [1.807, 2.05) is 0 Å². The van der Waals surface area contributed by atoms with Crippen LogP contribution in [0.3, 0.4) is 0 Å². The minimum Gasteiger partial charge on any atom is -0.388 e. The minimum absolute atomic E-state index is 0.322. The highest BCUT2D eigenvalue weighted by Gasteiger charge is 2.22. The van der Waals surface area contributed by atoms with Gasteiger partial charge >= 0.3 is 0 Å². The van der Waals surface area contributed by atoms with E-state index in [1.54, 1.807) is 0 Å². The van der Waals surface area contributed by atoms with Crippen LogP contribution in [0.25, 0.3) is 0 Å². The zero-order valence-corrected chi connectivity index (χ0v) is 10.00. The second-order valence-electron chi connectivity index (χ2n) is 4.69. The van der Waals surface area contributed by atoms with E-state index in [9.17, 15) is 0 Å². The fourth-order valence-electron chi connectivity index (χ4n) is 2.09. The predicted molar refractivity (Wildman–Crippen MR) is 64.3 cm³/mol. The first-order valence-electron chi connectivity index (χ1n) is 5.81. The fourth-order valence-corrected chi connectivity index (χ4v) is 2.09. The van der Waals surface area contributed by atoms with Gasteiger partial charge in [0.05, 0.1) is 5.84 Å². The number of amidine groups is 1. The van der Waals surface area contributed by atoms with Crippen LogP contribution in [-0.4, -0.2) is 55.4 Å². The van der Waals surface area contributed by atoms with Crippen molar-refractivity contribution in [1.29, 1.82) is 5.41 Å². The standard InChI is InChI=1S/C11H24N4/c1-14(2)10-6-8-15(9-10)7-4-3-5-11(12)13/h10H,3-9H2,1-2H3,(H3,12,13). The van der Waals surface area contributed by atoms with Gasteiger partial charge in [-0.2, -0.15) is 0 Å². The second-order valence-corrected chi connectivity index (χ2v) is 4.69. The van der Waals surface area contributed by atoms with Gasteiger partial charge in [-0.15, -0.1) is 0 Å². The molecule has 4 heteroatoms. The van der Waals surface area contributed by atoms with Crippen LogP contribution in [0.1, 0.15) is 25.7 Å². The van der Waals surface area contributed by atoms with Gasteiger partial charge in [0.1, 0.15) is 0 Å². The number of hydrogen-bond acceptors (Lipinski definition) is 3. The minimum atomic E-state index is 0.322. The smallest absolute Gasteiger partial charge is 0.0905 e. The van der Waals surface area contributed by atoms with Gasteiger partial charge in [0.2, 0.25) is 0 Å². The summed E-state index contributed by atoms with van der Waals surface area (Å²) in [6.07, 6.45) is 4.27. The van der Waals surface area contributed by atoms with Gasteiger partial charge in [-0.1, -0.05) is 0 Å². The summed E-state index contributed by atoms with van der Waals surface area (Å²) in [4.78, 5) is 4.83. The number of nitrogens with two attached hydrogens (primary N) is 1. The molecule has 0 aromatic heterocycles. The Balaban J connectivity index is 2.06. The molecule has 1 heterocycles. The molecular weight excluding hydrogens is 188 g/mol. The van der Waals surface area contributed by atoms with Gasteiger partial charge in [-0.3, -0.25) is 5.41 Å². The molecular formula is C11H24N4. The quantitative estimate of drug-likeness (QED) is 0.388. The van der Waals surface area contributed by atoms with Crippen molar-refractivity contribution < 1.29 is 0 Å². The molecule has 1 rings (SSSR count). The van der Waals surface area contributed by atoms with Crippen LogP contribution in [0.4, 0.5) is 0 Å². The molecule has 0 aromatic rings. The Bertz CT molecular complexity index is 203. The number of unbranched alkanes of at least 4 members (excludes halogenated alkanes) is 1. The van der Waals surface area contributed by atoms with Crippen molar-refractivity contribution in [3.8, 4) is 0 Å². The molecule has 0 amide bonds. The largest absolute Gasteiger partial charge is 0.388 e. The summed E-state index contributed by atoms with van der Waals surface area (Å²) in [5.74, 6) is 0.322. The Morgan fingerprint density at radius 2 is 2.20 bits per heavy atom. The van der Waals surface area contributed by atoms with Gasteiger partial charge in [0.15, 0.2) is 0 Å². The van der Waals surface area contributed by atoms with Crippen LogP contribution in [0.15, 0.2) is 0 Å². The van der Waals surface area contributed by atoms with Crippen molar-refractivity contribution >= 4 is 5.84 Å². The lowest BCUT2D eigenvalue weighted by atomic mass is 10.2. The highest BCUT2D eigenvalue weighted by Crippen LogP contribution is 2.13. The third kappa shape index (κ3) is 4.62. The number of rotatable bonds is 6. The van der Waals surface area contributed by atoms with Crippen molar-refractivity contribution in [2.45, 2.75) is 31.7 Å². The summed E-state index contributed by atoms with van der Waals surface area (Å²) in [7, 11) is 4.31. The van der Waals surface area contributed by atoms with Crippen LogP contribution in [0.5, 0.6) is 0 Å². The third-order valence-electron chi connectivity index (χ3n) is 3.15. The van der Waals surface area contributed by atoms with E-state index in [4.69, 9.17) is 11.1 Å². The number of likely N-dealkylation sites (N-methyl/N-ethyl adjacent to an activating group) is 1. The molecule has 0 bridgehead atoms. The molecule has 0 aromatic carbocycles. The number of nitrogens with one attached hydrogen (secondary N) is 1. The third-order valence-corrected chi connectivity index (χ3v) is 3.15. The Morgan fingerprint density at radius 1 is 1.47 bits per heavy atom. The molecule has 88 valence electrons. The normalized spacial score (nSPS) is 22.5. The maximum absolute atomic E-state index is 7.13. The molecule has 1 aliphatic heterocycles. The Morgan fingerprint density at radius 3 is 2.73 bits per heavy atom. The highest BCUT2D eigenvalue weighted by atomic mass is 15.2. The fraction of sp³-hybridized carbons (Fsp3) is 0.909. The van der Waals surface area contributed by atoms with E-state index in [-0.39, 0.29) is 0 Å². The Kier molecular flexibility index (Phi) is 5.05. The average Bonchev–Trinajstić information content (AvgIpc) is 2.60. The van der Waals surface area contributed by atoms with Crippen molar-refractivity contribution in [3.05, 3.63) is 0 Å². The van der Waals surface area contributed by atoms with Gasteiger partial charge in [0, 0.05) is 19.0 Å². The lowest BCUT2D eigenvalue weighted by Gasteiger charge is -2.20. The first kappa shape index (κ1) is 12.5. The zero-order chi connectivity index (χ0) is 11.3. The molecule has 1 unspecified atom stereocenters. The van der Waals surface area contributed by atoms with E-state index < -0.39 is 0 Å². The SMILES string of the molecule is CN(C)C1CCN(CCCCC(=N)N)C1.